The molecule has 18 heavy (non-hydrogen) atoms. The fraction of sp³-hybridized carbons (Fsp3) is 0.0714. The highest BCUT2D eigenvalue weighted by molar-refractivity contribution is 6.36. The first-order chi connectivity index (χ1) is 8.66. The van der Waals surface area contributed by atoms with Crippen LogP contribution in [0.2, 0.25) is 10.0 Å². The lowest BCUT2D eigenvalue weighted by Gasteiger charge is -2.19. The largest absolute Gasteiger partial charge is 0.279 e. The van der Waals surface area contributed by atoms with Crippen molar-refractivity contribution < 1.29 is 4.79 Å². The van der Waals surface area contributed by atoms with E-state index < -0.39 is 0 Å². The molecule has 0 aromatic heterocycles. The quantitative estimate of drug-likeness (QED) is 0.765. The number of hydrogen-bond acceptors (Lipinski definition) is 1. The van der Waals surface area contributed by atoms with Gasteiger partial charge in [0.2, 0.25) is 5.91 Å². The Morgan fingerprint density at radius 1 is 1.00 bits per heavy atom. The van der Waals surface area contributed by atoms with Crippen LogP contribution in [0.5, 0.6) is 0 Å². The molecule has 1 aliphatic heterocycles. The highest BCUT2D eigenvalue weighted by Crippen LogP contribution is 2.39. The summed E-state index contributed by atoms with van der Waals surface area (Å²) >= 11 is 12.1. The fourth-order valence-corrected chi connectivity index (χ4v) is 2.54. The van der Waals surface area contributed by atoms with Crippen molar-refractivity contribution in [1.82, 2.24) is 0 Å². The van der Waals surface area contributed by atoms with Crippen molar-refractivity contribution >= 4 is 40.5 Å². The third-order valence-corrected chi connectivity index (χ3v) is 3.53. The summed E-state index contributed by atoms with van der Waals surface area (Å²) in [5, 5.41) is 1.08. The van der Waals surface area contributed by atoms with E-state index in [1.165, 1.54) is 0 Å². The minimum Gasteiger partial charge on any atom is -0.279 e. The number of hydrogen-bond donors (Lipinski definition) is 0. The summed E-state index contributed by atoms with van der Waals surface area (Å²) in [5.74, 6) is 0.0142. The molecule has 0 bridgehead atoms. The first-order valence-corrected chi connectivity index (χ1v) is 6.28. The summed E-state index contributed by atoms with van der Waals surface area (Å²) in [4.78, 5) is 13.7. The smallest absolute Gasteiger partial charge is 0.236 e. The van der Waals surface area contributed by atoms with Crippen LogP contribution in [-0.4, -0.2) is 5.91 Å². The average Bonchev–Trinajstić information content (AvgIpc) is 2.68. The van der Waals surface area contributed by atoms with E-state index in [-0.39, 0.29) is 5.91 Å². The molecule has 0 atom stereocenters. The van der Waals surface area contributed by atoms with E-state index in [2.05, 4.69) is 0 Å². The molecule has 1 amide bonds. The molecular formula is C14H9Cl2NO. The average molecular weight is 278 g/mol. The Morgan fingerprint density at radius 3 is 2.61 bits per heavy atom. The van der Waals surface area contributed by atoms with Gasteiger partial charge in [-0.15, -0.1) is 0 Å². The third kappa shape index (κ3) is 1.78. The van der Waals surface area contributed by atoms with Gasteiger partial charge >= 0.3 is 0 Å². The molecule has 2 nitrogen and oxygen atoms in total. The topological polar surface area (TPSA) is 20.3 Å². The zero-order valence-electron chi connectivity index (χ0n) is 9.36. The Labute approximate surface area is 115 Å². The molecule has 0 fully saturated rings. The van der Waals surface area contributed by atoms with Crippen LogP contribution < -0.4 is 4.90 Å². The molecule has 90 valence electrons. The van der Waals surface area contributed by atoms with Crippen molar-refractivity contribution in [2.75, 3.05) is 4.90 Å². The van der Waals surface area contributed by atoms with Crippen molar-refractivity contribution in [3.8, 4) is 0 Å². The second kappa shape index (κ2) is 4.30. The molecule has 3 rings (SSSR count). The monoisotopic (exact) mass is 277 g/mol. The van der Waals surface area contributed by atoms with Crippen LogP contribution in [0.15, 0.2) is 42.5 Å². The number of fused-ring (bicyclic) bond motifs is 1. The van der Waals surface area contributed by atoms with Crippen LogP contribution in [0.4, 0.5) is 11.4 Å². The van der Waals surface area contributed by atoms with Gasteiger partial charge in [0, 0.05) is 5.02 Å². The predicted molar refractivity (Wildman–Crippen MR) is 73.8 cm³/mol. The summed E-state index contributed by atoms with van der Waals surface area (Å²) in [5.41, 5.74) is 2.53. The van der Waals surface area contributed by atoms with Gasteiger partial charge in [-0.05, 0) is 29.8 Å². The summed E-state index contributed by atoms with van der Waals surface area (Å²) in [6.45, 7) is 0. The van der Waals surface area contributed by atoms with E-state index in [1.54, 1.807) is 23.1 Å². The van der Waals surface area contributed by atoms with Crippen LogP contribution in [-0.2, 0) is 11.2 Å². The van der Waals surface area contributed by atoms with E-state index in [1.807, 2.05) is 24.3 Å². The van der Waals surface area contributed by atoms with Crippen molar-refractivity contribution in [3.63, 3.8) is 0 Å². The lowest BCUT2D eigenvalue weighted by molar-refractivity contribution is -0.116. The number of carbonyl (C=O) groups excluding carboxylic acids is 1. The second-order valence-corrected chi connectivity index (χ2v) is 4.97. The van der Waals surface area contributed by atoms with Gasteiger partial charge in [-0.1, -0.05) is 41.4 Å². The van der Waals surface area contributed by atoms with Crippen LogP contribution in [0.1, 0.15) is 5.56 Å². The predicted octanol–water partition coefficient (Wildman–Crippen LogP) is 4.21. The normalized spacial score (nSPS) is 13.9. The van der Waals surface area contributed by atoms with Gasteiger partial charge in [-0.2, -0.15) is 0 Å². The Morgan fingerprint density at radius 2 is 1.78 bits per heavy atom. The van der Waals surface area contributed by atoms with Gasteiger partial charge in [-0.3, -0.25) is 9.69 Å². The van der Waals surface area contributed by atoms with E-state index >= 15 is 0 Å². The van der Waals surface area contributed by atoms with Crippen LogP contribution >= 0.6 is 23.2 Å². The highest BCUT2D eigenvalue weighted by atomic mass is 35.5. The SMILES string of the molecule is O=C1Cc2ccccc2N1c1cc(Cl)ccc1Cl. The van der Waals surface area contributed by atoms with E-state index in [0.717, 1.165) is 11.3 Å². The molecule has 4 heteroatoms. The zero-order chi connectivity index (χ0) is 12.7. The summed E-state index contributed by atoms with van der Waals surface area (Å²) in [7, 11) is 0. The van der Waals surface area contributed by atoms with Crippen LogP contribution in [0.25, 0.3) is 0 Å². The number of carbonyl (C=O) groups is 1. The number of benzene rings is 2. The summed E-state index contributed by atoms with van der Waals surface area (Å²) in [6, 6.07) is 12.8. The standard InChI is InChI=1S/C14H9Cl2NO/c15-10-5-6-11(16)13(8-10)17-12-4-2-1-3-9(12)7-14(17)18/h1-6,8H,7H2. The third-order valence-electron chi connectivity index (χ3n) is 2.97. The lowest BCUT2D eigenvalue weighted by Crippen LogP contribution is -2.21. The number of anilines is 2. The molecule has 1 heterocycles. The number of nitrogens with zero attached hydrogens (tertiary/aromatic N) is 1. The van der Waals surface area contributed by atoms with Gasteiger partial charge < -0.3 is 0 Å². The molecule has 0 saturated carbocycles. The highest BCUT2D eigenvalue weighted by Gasteiger charge is 2.29. The molecule has 0 unspecified atom stereocenters. The van der Waals surface area contributed by atoms with Crippen molar-refractivity contribution in [2.45, 2.75) is 6.42 Å². The van der Waals surface area contributed by atoms with Crippen molar-refractivity contribution in [1.29, 1.82) is 0 Å². The maximum absolute atomic E-state index is 12.1. The number of halogens is 2. The van der Waals surface area contributed by atoms with Gasteiger partial charge in [0.25, 0.3) is 0 Å². The molecule has 0 N–H and O–H groups in total. The van der Waals surface area contributed by atoms with Gasteiger partial charge in [0.1, 0.15) is 0 Å². The molecule has 2 aromatic carbocycles. The van der Waals surface area contributed by atoms with Gasteiger partial charge in [-0.25, -0.2) is 0 Å². The Balaban J connectivity index is 2.17. The molecule has 0 radical (unpaired) electrons. The van der Waals surface area contributed by atoms with E-state index in [4.69, 9.17) is 23.2 Å². The van der Waals surface area contributed by atoms with Gasteiger partial charge in [0.05, 0.1) is 22.8 Å². The summed E-state index contributed by atoms with van der Waals surface area (Å²) in [6.07, 6.45) is 0.402. The first kappa shape index (κ1) is 11.6. The maximum atomic E-state index is 12.1. The number of para-hydroxylation sites is 1. The molecule has 0 saturated heterocycles. The van der Waals surface area contributed by atoms with E-state index in [0.29, 0.717) is 22.2 Å². The number of rotatable bonds is 1. The Hall–Kier alpha value is -1.51. The fourth-order valence-electron chi connectivity index (χ4n) is 2.18. The second-order valence-electron chi connectivity index (χ2n) is 4.13. The minimum absolute atomic E-state index is 0.0142. The summed E-state index contributed by atoms with van der Waals surface area (Å²) < 4.78 is 0. The molecular weight excluding hydrogens is 269 g/mol. The minimum atomic E-state index is 0.0142. The zero-order valence-corrected chi connectivity index (χ0v) is 10.9. The Kier molecular flexibility index (Phi) is 2.77. The van der Waals surface area contributed by atoms with Crippen LogP contribution in [0, 0.1) is 0 Å². The maximum Gasteiger partial charge on any atom is 0.236 e. The lowest BCUT2D eigenvalue weighted by atomic mass is 10.2. The van der Waals surface area contributed by atoms with E-state index in [9.17, 15) is 4.79 Å². The first-order valence-electron chi connectivity index (χ1n) is 5.53. The molecule has 1 aliphatic rings. The van der Waals surface area contributed by atoms with Crippen molar-refractivity contribution in [2.24, 2.45) is 0 Å². The molecule has 0 spiro atoms. The van der Waals surface area contributed by atoms with Crippen molar-refractivity contribution in [3.05, 3.63) is 58.1 Å². The van der Waals surface area contributed by atoms with Gasteiger partial charge in [0.15, 0.2) is 0 Å². The molecule has 2 aromatic rings. The number of amides is 1. The Bertz CT molecular complexity index is 639. The van der Waals surface area contributed by atoms with Crippen LogP contribution in [0.3, 0.4) is 0 Å². The molecule has 0 aliphatic carbocycles.